The molecule has 2 rings (SSSR count). The van der Waals surface area contributed by atoms with Crippen molar-refractivity contribution in [1.82, 2.24) is 15.3 Å². The van der Waals surface area contributed by atoms with Crippen molar-refractivity contribution in [2.45, 2.75) is 6.04 Å². The number of benzene rings is 1. The number of carbonyl (C=O) groups excluding carboxylic acids is 1. The van der Waals surface area contributed by atoms with Gasteiger partial charge < -0.3 is 16.2 Å². The van der Waals surface area contributed by atoms with E-state index in [2.05, 4.69) is 15.3 Å². The molecule has 0 saturated heterocycles. The van der Waals surface area contributed by atoms with Gasteiger partial charge in [0.15, 0.2) is 11.5 Å². The van der Waals surface area contributed by atoms with Crippen molar-refractivity contribution in [1.29, 1.82) is 0 Å². The van der Waals surface area contributed by atoms with E-state index in [0.29, 0.717) is 5.56 Å². The normalized spacial score (nSPS) is 12.0. The van der Waals surface area contributed by atoms with E-state index in [1.165, 1.54) is 24.5 Å². The molecule has 110 valence electrons. The number of nitrogens with zero attached hydrogens (tertiary/aromatic N) is 2. The first-order valence-corrected chi connectivity index (χ1v) is 6.34. The van der Waals surface area contributed by atoms with Crippen LogP contribution in [0.1, 0.15) is 22.1 Å². The minimum atomic E-state index is -0.814. The second-order valence-electron chi connectivity index (χ2n) is 4.17. The predicted octanol–water partition coefficient (Wildman–Crippen LogP) is 1.31. The number of anilines is 1. The Bertz CT molecular complexity index is 668. The molecule has 0 radical (unpaired) electrons. The van der Waals surface area contributed by atoms with Gasteiger partial charge in [0.1, 0.15) is 5.82 Å². The van der Waals surface area contributed by atoms with Crippen LogP contribution in [0.4, 0.5) is 10.2 Å². The Labute approximate surface area is 124 Å². The molecule has 0 fully saturated rings. The summed E-state index contributed by atoms with van der Waals surface area (Å²) in [6.07, 6.45) is 2.67. The second kappa shape index (κ2) is 6.47. The van der Waals surface area contributed by atoms with Crippen LogP contribution in [0.2, 0.25) is 5.02 Å². The van der Waals surface area contributed by atoms with Crippen LogP contribution in [0.3, 0.4) is 0 Å². The fraction of sp³-hybridized carbons (Fsp3) is 0.154. The first-order valence-electron chi connectivity index (χ1n) is 5.96. The Morgan fingerprint density at radius 2 is 2.14 bits per heavy atom. The summed E-state index contributed by atoms with van der Waals surface area (Å²) >= 11 is 5.59. The molecule has 1 heterocycles. The third-order valence-electron chi connectivity index (χ3n) is 2.78. The summed E-state index contributed by atoms with van der Waals surface area (Å²) in [5.41, 5.74) is 5.85. The second-order valence-corrected chi connectivity index (χ2v) is 4.58. The Balaban J connectivity index is 2.21. The number of nitrogens with two attached hydrogens (primary N) is 1. The molecule has 0 spiro atoms. The Kier molecular flexibility index (Phi) is 4.66. The zero-order valence-corrected chi connectivity index (χ0v) is 11.5. The molecule has 1 aromatic heterocycles. The molecular formula is C13H12ClFN4O2. The molecule has 6 nitrogen and oxygen atoms in total. The molecule has 1 aromatic carbocycles. The number of rotatable bonds is 4. The lowest BCUT2D eigenvalue weighted by Crippen LogP contribution is -2.32. The molecule has 1 atom stereocenters. The molecule has 0 bridgehead atoms. The van der Waals surface area contributed by atoms with E-state index in [0.717, 1.165) is 6.07 Å². The summed E-state index contributed by atoms with van der Waals surface area (Å²) in [6.45, 7) is -0.424. The highest BCUT2D eigenvalue weighted by Crippen LogP contribution is 2.20. The van der Waals surface area contributed by atoms with Crippen molar-refractivity contribution in [3.63, 3.8) is 0 Å². The molecule has 0 aliphatic rings. The van der Waals surface area contributed by atoms with Crippen LogP contribution in [0, 0.1) is 5.82 Å². The summed E-state index contributed by atoms with van der Waals surface area (Å²) in [5, 5.41) is 11.8. The van der Waals surface area contributed by atoms with Gasteiger partial charge in [-0.3, -0.25) is 4.79 Å². The van der Waals surface area contributed by atoms with Gasteiger partial charge in [-0.2, -0.15) is 0 Å². The van der Waals surface area contributed by atoms with Crippen molar-refractivity contribution in [3.8, 4) is 0 Å². The van der Waals surface area contributed by atoms with Crippen LogP contribution in [-0.2, 0) is 0 Å². The molecule has 0 aliphatic carbocycles. The number of hydrogen-bond donors (Lipinski definition) is 3. The number of nitrogens with one attached hydrogen (secondary N) is 1. The van der Waals surface area contributed by atoms with Crippen molar-refractivity contribution in [3.05, 3.63) is 52.7 Å². The SMILES string of the molecule is Nc1nccnc1C(=O)NC(CO)c1ccc(Cl)c(F)c1. The van der Waals surface area contributed by atoms with E-state index in [-0.39, 0.29) is 16.5 Å². The lowest BCUT2D eigenvalue weighted by Gasteiger charge is -2.17. The molecule has 21 heavy (non-hydrogen) atoms. The Hall–Kier alpha value is -2.25. The van der Waals surface area contributed by atoms with Gasteiger partial charge in [-0.15, -0.1) is 0 Å². The molecule has 1 unspecified atom stereocenters. The van der Waals surface area contributed by atoms with E-state index < -0.39 is 24.4 Å². The minimum absolute atomic E-state index is 0.0334. The van der Waals surface area contributed by atoms with Gasteiger partial charge in [0, 0.05) is 12.4 Å². The highest BCUT2D eigenvalue weighted by atomic mass is 35.5. The fourth-order valence-electron chi connectivity index (χ4n) is 1.71. The first-order chi connectivity index (χ1) is 10.0. The maximum absolute atomic E-state index is 13.4. The summed E-state index contributed by atoms with van der Waals surface area (Å²) in [5.74, 6) is -1.29. The van der Waals surface area contributed by atoms with E-state index >= 15 is 0 Å². The van der Waals surface area contributed by atoms with Crippen LogP contribution >= 0.6 is 11.6 Å². The molecule has 0 saturated carbocycles. The number of halogens is 2. The lowest BCUT2D eigenvalue weighted by atomic mass is 10.1. The van der Waals surface area contributed by atoms with Gasteiger partial charge in [-0.1, -0.05) is 17.7 Å². The number of aliphatic hydroxyl groups is 1. The van der Waals surface area contributed by atoms with Crippen LogP contribution < -0.4 is 11.1 Å². The van der Waals surface area contributed by atoms with Crippen molar-refractivity contribution >= 4 is 23.3 Å². The summed E-state index contributed by atoms with van der Waals surface area (Å²) in [6, 6.07) is 3.18. The molecule has 2 aromatic rings. The topological polar surface area (TPSA) is 101 Å². The maximum atomic E-state index is 13.4. The van der Waals surface area contributed by atoms with Crippen molar-refractivity contribution < 1.29 is 14.3 Å². The van der Waals surface area contributed by atoms with E-state index in [4.69, 9.17) is 17.3 Å². The maximum Gasteiger partial charge on any atom is 0.274 e. The number of aromatic nitrogens is 2. The van der Waals surface area contributed by atoms with Gasteiger partial charge in [-0.05, 0) is 17.7 Å². The van der Waals surface area contributed by atoms with Crippen LogP contribution in [0.5, 0.6) is 0 Å². The third-order valence-corrected chi connectivity index (χ3v) is 3.08. The third kappa shape index (κ3) is 3.45. The molecular weight excluding hydrogens is 299 g/mol. The monoisotopic (exact) mass is 310 g/mol. The fourth-order valence-corrected chi connectivity index (χ4v) is 1.83. The smallest absolute Gasteiger partial charge is 0.274 e. The standard InChI is InChI=1S/C13H12ClFN4O2/c14-8-2-1-7(5-9(8)15)10(6-20)19-13(21)11-12(16)18-4-3-17-11/h1-5,10,20H,6H2,(H2,16,18)(H,19,21). The first kappa shape index (κ1) is 15.1. The van der Waals surface area contributed by atoms with Crippen molar-refractivity contribution in [2.24, 2.45) is 0 Å². The van der Waals surface area contributed by atoms with Crippen LogP contribution in [0.15, 0.2) is 30.6 Å². The zero-order valence-electron chi connectivity index (χ0n) is 10.8. The van der Waals surface area contributed by atoms with Gasteiger partial charge >= 0.3 is 0 Å². The van der Waals surface area contributed by atoms with E-state index in [9.17, 15) is 14.3 Å². The number of amides is 1. The van der Waals surface area contributed by atoms with E-state index in [1.807, 2.05) is 0 Å². The van der Waals surface area contributed by atoms with Gasteiger partial charge in [0.2, 0.25) is 0 Å². The van der Waals surface area contributed by atoms with Crippen LogP contribution in [0.25, 0.3) is 0 Å². The molecule has 8 heteroatoms. The highest BCUT2D eigenvalue weighted by molar-refractivity contribution is 6.30. The summed E-state index contributed by atoms with van der Waals surface area (Å²) in [4.78, 5) is 19.6. The van der Waals surface area contributed by atoms with Crippen molar-refractivity contribution in [2.75, 3.05) is 12.3 Å². The minimum Gasteiger partial charge on any atom is -0.394 e. The Morgan fingerprint density at radius 3 is 2.76 bits per heavy atom. The highest BCUT2D eigenvalue weighted by Gasteiger charge is 2.19. The quantitative estimate of drug-likeness (QED) is 0.790. The van der Waals surface area contributed by atoms with Crippen LogP contribution in [-0.4, -0.2) is 27.6 Å². The average molecular weight is 311 g/mol. The predicted molar refractivity (Wildman–Crippen MR) is 75.1 cm³/mol. The molecule has 0 aliphatic heterocycles. The van der Waals surface area contributed by atoms with E-state index in [1.54, 1.807) is 0 Å². The summed E-state index contributed by atoms with van der Waals surface area (Å²) in [7, 11) is 0. The average Bonchev–Trinajstić information content (AvgIpc) is 2.48. The van der Waals surface area contributed by atoms with Gasteiger partial charge in [-0.25, -0.2) is 14.4 Å². The molecule has 1 amide bonds. The number of nitrogen functional groups attached to an aromatic ring is 1. The Morgan fingerprint density at radius 1 is 1.43 bits per heavy atom. The molecule has 4 N–H and O–H groups in total. The summed E-state index contributed by atoms with van der Waals surface area (Å²) < 4.78 is 13.4. The number of hydrogen-bond acceptors (Lipinski definition) is 5. The zero-order chi connectivity index (χ0) is 15.4. The van der Waals surface area contributed by atoms with Gasteiger partial charge in [0.05, 0.1) is 17.7 Å². The largest absolute Gasteiger partial charge is 0.394 e. The number of aliphatic hydroxyl groups excluding tert-OH is 1. The van der Waals surface area contributed by atoms with Gasteiger partial charge in [0.25, 0.3) is 5.91 Å². The number of carbonyl (C=O) groups is 1. The lowest BCUT2D eigenvalue weighted by molar-refractivity contribution is 0.0911.